The van der Waals surface area contributed by atoms with Crippen LogP contribution in [-0.2, 0) is 9.53 Å². The predicted molar refractivity (Wildman–Crippen MR) is 48.3 cm³/mol. The minimum Gasteiger partial charge on any atom is -0.466 e. The van der Waals surface area contributed by atoms with Gasteiger partial charge in [0.15, 0.2) is 0 Å². The normalized spacial score (nSPS) is 30.9. The fourth-order valence-electron chi connectivity index (χ4n) is 1.66. The summed E-state index contributed by atoms with van der Waals surface area (Å²) in [5.74, 6) is -0.943. The minimum absolute atomic E-state index is 0.300. The molecule has 0 radical (unpaired) electrons. The molecule has 1 aliphatic rings. The fraction of sp³-hybridized carbons (Fsp3) is 0.875. The van der Waals surface area contributed by atoms with Gasteiger partial charge in [-0.1, -0.05) is 5.11 Å². The Labute approximate surface area is 81.5 Å². The van der Waals surface area contributed by atoms with E-state index in [1.54, 1.807) is 6.92 Å². The van der Waals surface area contributed by atoms with Gasteiger partial charge in [0.2, 0.25) is 0 Å². The first-order chi connectivity index (χ1) is 6.70. The van der Waals surface area contributed by atoms with Crippen LogP contribution in [0.15, 0.2) is 5.11 Å². The zero-order valence-corrected chi connectivity index (χ0v) is 7.96. The molecule has 0 heterocycles. The maximum Gasteiger partial charge on any atom is 0.311 e. The number of esters is 1. The Morgan fingerprint density at radius 2 is 2.43 bits per heavy atom. The van der Waals surface area contributed by atoms with Crippen molar-refractivity contribution in [2.75, 3.05) is 6.61 Å². The number of hydrogen-bond donors (Lipinski definition) is 1. The van der Waals surface area contributed by atoms with Gasteiger partial charge >= 0.3 is 5.97 Å². The van der Waals surface area contributed by atoms with E-state index in [1.165, 1.54) is 0 Å². The molecule has 0 unspecified atom stereocenters. The second-order valence-electron chi connectivity index (χ2n) is 3.20. The summed E-state index contributed by atoms with van der Waals surface area (Å²) in [6.45, 7) is 2.01. The van der Waals surface area contributed by atoms with Crippen LogP contribution in [0.5, 0.6) is 0 Å². The van der Waals surface area contributed by atoms with Gasteiger partial charge in [0, 0.05) is 4.91 Å². The Morgan fingerprint density at radius 1 is 1.71 bits per heavy atom. The average Bonchev–Trinajstić information content (AvgIpc) is 2.49. The van der Waals surface area contributed by atoms with E-state index in [1.807, 2.05) is 0 Å². The molecule has 0 aromatic carbocycles. The highest BCUT2D eigenvalue weighted by atomic mass is 16.5. The third-order valence-corrected chi connectivity index (χ3v) is 2.37. The van der Waals surface area contributed by atoms with E-state index in [9.17, 15) is 9.90 Å². The lowest BCUT2D eigenvalue weighted by molar-refractivity contribution is -0.151. The summed E-state index contributed by atoms with van der Waals surface area (Å²) in [4.78, 5) is 13.9. The molecule has 14 heavy (non-hydrogen) atoms. The first kappa shape index (κ1) is 10.8. The highest BCUT2D eigenvalue weighted by molar-refractivity contribution is 5.73. The van der Waals surface area contributed by atoms with E-state index in [0.717, 1.165) is 0 Å². The van der Waals surface area contributed by atoms with Gasteiger partial charge in [0.25, 0.3) is 0 Å². The van der Waals surface area contributed by atoms with Crippen molar-refractivity contribution in [1.82, 2.24) is 0 Å². The number of nitrogens with zero attached hydrogens (tertiary/aromatic N) is 3. The number of ether oxygens (including phenoxy) is 1. The van der Waals surface area contributed by atoms with E-state index in [2.05, 4.69) is 10.0 Å². The largest absolute Gasteiger partial charge is 0.466 e. The van der Waals surface area contributed by atoms with E-state index >= 15 is 0 Å². The van der Waals surface area contributed by atoms with Crippen molar-refractivity contribution in [3.8, 4) is 0 Å². The third-order valence-electron chi connectivity index (χ3n) is 2.37. The number of aliphatic hydroxyl groups is 1. The van der Waals surface area contributed by atoms with Crippen molar-refractivity contribution in [1.29, 1.82) is 0 Å². The average molecular weight is 199 g/mol. The Kier molecular flexibility index (Phi) is 3.73. The van der Waals surface area contributed by atoms with Crippen molar-refractivity contribution in [2.24, 2.45) is 11.0 Å². The van der Waals surface area contributed by atoms with Gasteiger partial charge in [0.05, 0.1) is 24.7 Å². The molecule has 3 atom stereocenters. The van der Waals surface area contributed by atoms with Crippen LogP contribution >= 0.6 is 0 Å². The highest BCUT2D eigenvalue weighted by Gasteiger charge is 2.39. The highest BCUT2D eigenvalue weighted by Crippen LogP contribution is 2.29. The maximum absolute atomic E-state index is 11.3. The molecule has 0 aliphatic heterocycles. The molecular formula is C8H13N3O3. The number of carbonyl (C=O) groups is 1. The molecule has 1 aliphatic carbocycles. The van der Waals surface area contributed by atoms with E-state index < -0.39 is 24.0 Å². The lowest BCUT2D eigenvalue weighted by Crippen LogP contribution is -2.30. The first-order valence-electron chi connectivity index (χ1n) is 4.59. The second-order valence-corrected chi connectivity index (χ2v) is 3.20. The Morgan fingerprint density at radius 3 is 3.00 bits per heavy atom. The monoisotopic (exact) mass is 199 g/mol. The van der Waals surface area contributed by atoms with Crippen molar-refractivity contribution in [2.45, 2.75) is 31.9 Å². The summed E-state index contributed by atoms with van der Waals surface area (Å²) < 4.78 is 4.79. The molecule has 0 aromatic heterocycles. The molecule has 78 valence electrons. The molecule has 0 bridgehead atoms. The molecule has 0 amide bonds. The minimum atomic E-state index is -0.898. The standard InChI is InChI=1S/C8H13N3O3/c1-2-14-8(13)5-3-4-6(7(5)12)10-11-9/h5-7,12H,2-4H2,1H3/t5-,6-,7+/m0/s1. The first-order valence-corrected chi connectivity index (χ1v) is 4.59. The number of hydrogen-bond acceptors (Lipinski definition) is 4. The molecule has 1 N–H and O–H groups in total. The zero-order valence-electron chi connectivity index (χ0n) is 7.96. The lowest BCUT2D eigenvalue weighted by Gasteiger charge is -2.14. The topological polar surface area (TPSA) is 95.3 Å². The maximum atomic E-state index is 11.3. The summed E-state index contributed by atoms with van der Waals surface area (Å²) in [6, 6.07) is -0.491. The number of carbonyl (C=O) groups excluding carboxylic acids is 1. The second kappa shape index (κ2) is 4.83. The van der Waals surface area contributed by atoms with Gasteiger partial charge in [-0.05, 0) is 25.3 Å². The van der Waals surface area contributed by atoms with E-state index in [-0.39, 0.29) is 0 Å². The van der Waals surface area contributed by atoms with Gasteiger partial charge in [-0.3, -0.25) is 4.79 Å². The zero-order chi connectivity index (χ0) is 10.6. The molecule has 0 spiro atoms. The van der Waals surface area contributed by atoms with Crippen LogP contribution in [0, 0.1) is 5.92 Å². The molecule has 0 saturated heterocycles. The quantitative estimate of drug-likeness (QED) is 0.318. The molecule has 1 fully saturated rings. The summed E-state index contributed by atoms with van der Waals surface area (Å²) in [5, 5.41) is 13.0. The lowest BCUT2D eigenvalue weighted by atomic mass is 10.1. The van der Waals surface area contributed by atoms with Crippen LogP contribution in [0.4, 0.5) is 0 Å². The molecule has 1 rings (SSSR count). The van der Waals surface area contributed by atoms with Gasteiger partial charge in [-0.15, -0.1) is 0 Å². The van der Waals surface area contributed by atoms with Crippen molar-refractivity contribution in [3.63, 3.8) is 0 Å². The SMILES string of the molecule is CCOC(=O)[C@H]1CC[C@H](N=[N+]=[N-])[C@@H]1O. The molecule has 6 nitrogen and oxygen atoms in total. The number of azide groups is 1. The van der Waals surface area contributed by atoms with Crippen LogP contribution < -0.4 is 0 Å². The number of rotatable bonds is 3. The molecule has 0 aromatic rings. The number of aliphatic hydroxyl groups excluding tert-OH is 1. The summed E-state index contributed by atoms with van der Waals surface area (Å²) in [6.07, 6.45) is 0.156. The van der Waals surface area contributed by atoms with Gasteiger partial charge in [0.1, 0.15) is 0 Å². The van der Waals surface area contributed by atoms with Gasteiger partial charge < -0.3 is 9.84 Å². The van der Waals surface area contributed by atoms with Gasteiger partial charge in [-0.25, -0.2) is 0 Å². The van der Waals surface area contributed by atoms with Crippen LogP contribution in [0.1, 0.15) is 19.8 Å². The van der Waals surface area contributed by atoms with Gasteiger partial charge in [-0.2, -0.15) is 0 Å². The van der Waals surface area contributed by atoms with Crippen molar-refractivity contribution < 1.29 is 14.6 Å². The predicted octanol–water partition coefficient (Wildman–Crippen LogP) is 0.999. The summed E-state index contributed by atoms with van der Waals surface area (Å²) in [7, 11) is 0. The molecule has 6 heteroatoms. The Hall–Kier alpha value is -1.26. The van der Waals surface area contributed by atoms with Crippen LogP contribution in [0.25, 0.3) is 10.4 Å². The van der Waals surface area contributed by atoms with Crippen LogP contribution in [0.3, 0.4) is 0 Å². The molecule has 1 saturated carbocycles. The Bertz CT molecular complexity index is 263. The van der Waals surface area contributed by atoms with Crippen LogP contribution in [-0.4, -0.2) is 29.8 Å². The van der Waals surface area contributed by atoms with E-state index in [4.69, 9.17) is 10.3 Å². The van der Waals surface area contributed by atoms with E-state index in [0.29, 0.717) is 19.4 Å². The Balaban J connectivity index is 2.58. The smallest absolute Gasteiger partial charge is 0.311 e. The summed E-state index contributed by atoms with van der Waals surface area (Å²) in [5.41, 5.74) is 8.20. The molecular weight excluding hydrogens is 186 g/mol. The fourth-order valence-corrected chi connectivity index (χ4v) is 1.66. The van der Waals surface area contributed by atoms with Crippen LogP contribution in [0.2, 0.25) is 0 Å². The third kappa shape index (κ3) is 2.16. The van der Waals surface area contributed by atoms with Crippen molar-refractivity contribution >= 4 is 5.97 Å². The summed E-state index contributed by atoms with van der Waals surface area (Å²) >= 11 is 0. The van der Waals surface area contributed by atoms with Crippen molar-refractivity contribution in [3.05, 3.63) is 10.4 Å².